The summed E-state index contributed by atoms with van der Waals surface area (Å²) in [5.41, 5.74) is 0.986. The number of benzene rings is 2. The number of carbonyl (C=O) groups is 2. The van der Waals surface area contributed by atoms with Gasteiger partial charge >= 0.3 is 0 Å². The third kappa shape index (κ3) is 5.45. The van der Waals surface area contributed by atoms with Gasteiger partial charge in [-0.05, 0) is 30.4 Å². The summed E-state index contributed by atoms with van der Waals surface area (Å²) in [6.07, 6.45) is 4.37. The second-order valence-electron chi connectivity index (χ2n) is 7.85. The van der Waals surface area contributed by atoms with E-state index in [1.54, 1.807) is 0 Å². The van der Waals surface area contributed by atoms with Crippen molar-refractivity contribution in [2.45, 2.75) is 51.1 Å². The number of amides is 2. The fourth-order valence-electron chi connectivity index (χ4n) is 4.04. The molecule has 2 aromatic rings. The van der Waals surface area contributed by atoms with E-state index in [4.69, 9.17) is 0 Å². The molecule has 29 heavy (non-hydrogen) atoms. The Morgan fingerprint density at radius 2 is 1.45 bits per heavy atom. The first-order chi connectivity index (χ1) is 14.1. The molecular formula is C24H30N2O3. The zero-order valence-electron chi connectivity index (χ0n) is 16.8. The van der Waals surface area contributed by atoms with Crippen LogP contribution in [-0.2, 0) is 22.6 Å². The lowest BCUT2D eigenvalue weighted by atomic mass is 9.72. The maximum atomic E-state index is 13.2. The van der Waals surface area contributed by atoms with Crippen LogP contribution in [-0.4, -0.2) is 29.6 Å². The van der Waals surface area contributed by atoms with Gasteiger partial charge in [0.1, 0.15) is 5.41 Å². The minimum atomic E-state index is -1.06. The van der Waals surface area contributed by atoms with Crippen LogP contribution < -0.4 is 10.6 Å². The summed E-state index contributed by atoms with van der Waals surface area (Å²) in [6, 6.07) is 19.0. The molecule has 154 valence electrons. The van der Waals surface area contributed by atoms with Gasteiger partial charge in [-0.1, -0.05) is 79.9 Å². The van der Waals surface area contributed by atoms with Crippen LogP contribution in [0, 0.1) is 5.41 Å². The maximum Gasteiger partial charge on any atom is 0.236 e. The Kier molecular flexibility index (Phi) is 7.42. The van der Waals surface area contributed by atoms with Gasteiger partial charge in [0.2, 0.25) is 11.8 Å². The molecule has 3 N–H and O–H groups in total. The number of rotatable bonds is 8. The number of hydrogen-bond donors (Lipinski definition) is 3. The van der Waals surface area contributed by atoms with E-state index in [1.807, 2.05) is 60.7 Å². The zero-order valence-corrected chi connectivity index (χ0v) is 16.8. The summed E-state index contributed by atoms with van der Waals surface area (Å²) < 4.78 is 0. The summed E-state index contributed by atoms with van der Waals surface area (Å²) in [4.78, 5) is 26.4. The minimum absolute atomic E-state index is 0.164. The first-order valence-corrected chi connectivity index (χ1v) is 10.4. The predicted molar refractivity (Wildman–Crippen MR) is 113 cm³/mol. The lowest BCUT2D eigenvalue weighted by Gasteiger charge is -2.35. The van der Waals surface area contributed by atoms with Gasteiger partial charge in [-0.3, -0.25) is 9.59 Å². The van der Waals surface area contributed by atoms with Crippen LogP contribution in [0.1, 0.15) is 43.2 Å². The molecule has 1 atom stereocenters. The Hall–Kier alpha value is -2.66. The molecule has 0 saturated heterocycles. The molecule has 1 aliphatic rings. The Labute approximate surface area is 172 Å². The summed E-state index contributed by atoms with van der Waals surface area (Å²) >= 11 is 0. The maximum absolute atomic E-state index is 13.2. The van der Waals surface area contributed by atoms with Gasteiger partial charge in [0.25, 0.3) is 0 Å². The number of carbonyl (C=O) groups excluding carboxylic acids is 2. The SMILES string of the molecule is O=C(NCc1ccccc1)C1(C(=O)NC(CO)Cc2ccccc2)CCCCC1. The Bertz CT molecular complexity index is 786. The highest BCUT2D eigenvalue weighted by molar-refractivity contribution is 6.05. The normalized spacial score (nSPS) is 16.6. The molecular weight excluding hydrogens is 364 g/mol. The Balaban J connectivity index is 1.68. The van der Waals surface area contributed by atoms with Crippen LogP contribution in [0.5, 0.6) is 0 Å². The van der Waals surface area contributed by atoms with Crippen molar-refractivity contribution in [3.05, 3.63) is 71.8 Å². The number of hydrogen-bond acceptors (Lipinski definition) is 3. The van der Waals surface area contributed by atoms with E-state index in [-0.39, 0.29) is 18.4 Å². The third-order valence-corrected chi connectivity index (χ3v) is 5.75. The molecule has 5 heteroatoms. The lowest BCUT2D eigenvalue weighted by Crippen LogP contribution is -2.55. The monoisotopic (exact) mass is 394 g/mol. The first kappa shape index (κ1) is 21.1. The highest BCUT2D eigenvalue weighted by Gasteiger charge is 2.46. The van der Waals surface area contributed by atoms with Crippen molar-refractivity contribution >= 4 is 11.8 Å². The lowest BCUT2D eigenvalue weighted by molar-refractivity contribution is -0.146. The zero-order chi connectivity index (χ0) is 20.5. The first-order valence-electron chi connectivity index (χ1n) is 10.4. The van der Waals surface area contributed by atoms with Crippen molar-refractivity contribution in [3.63, 3.8) is 0 Å². The van der Waals surface area contributed by atoms with Crippen LogP contribution in [0.2, 0.25) is 0 Å². The molecule has 5 nitrogen and oxygen atoms in total. The van der Waals surface area contributed by atoms with Gasteiger partial charge in [-0.2, -0.15) is 0 Å². The molecule has 0 aliphatic heterocycles. The average Bonchev–Trinajstić information content (AvgIpc) is 2.78. The van der Waals surface area contributed by atoms with E-state index in [1.165, 1.54) is 0 Å². The van der Waals surface area contributed by atoms with Crippen molar-refractivity contribution in [2.24, 2.45) is 5.41 Å². The minimum Gasteiger partial charge on any atom is -0.394 e. The largest absolute Gasteiger partial charge is 0.394 e. The van der Waals surface area contributed by atoms with E-state index >= 15 is 0 Å². The fraction of sp³-hybridized carbons (Fsp3) is 0.417. The van der Waals surface area contributed by atoms with Crippen molar-refractivity contribution in [3.8, 4) is 0 Å². The molecule has 2 amide bonds. The molecule has 0 radical (unpaired) electrons. The van der Waals surface area contributed by atoms with Gasteiger partial charge in [-0.15, -0.1) is 0 Å². The molecule has 0 heterocycles. The van der Waals surface area contributed by atoms with Crippen LogP contribution in [0.3, 0.4) is 0 Å². The molecule has 1 aliphatic carbocycles. The van der Waals surface area contributed by atoms with Gasteiger partial charge in [0.05, 0.1) is 12.6 Å². The van der Waals surface area contributed by atoms with Crippen LogP contribution in [0.15, 0.2) is 60.7 Å². The second kappa shape index (κ2) is 10.2. The topological polar surface area (TPSA) is 78.4 Å². The quantitative estimate of drug-likeness (QED) is 0.603. The van der Waals surface area contributed by atoms with Gasteiger partial charge < -0.3 is 15.7 Å². The van der Waals surface area contributed by atoms with Crippen LogP contribution >= 0.6 is 0 Å². The van der Waals surface area contributed by atoms with Crippen LogP contribution in [0.4, 0.5) is 0 Å². The highest BCUT2D eigenvalue weighted by Crippen LogP contribution is 2.37. The van der Waals surface area contributed by atoms with Gasteiger partial charge in [-0.25, -0.2) is 0 Å². The van der Waals surface area contributed by atoms with Gasteiger partial charge in [0, 0.05) is 6.54 Å². The molecule has 3 rings (SSSR count). The number of aliphatic hydroxyl groups is 1. The van der Waals surface area contributed by atoms with E-state index in [0.29, 0.717) is 25.8 Å². The van der Waals surface area contributed by atoms with E-state index in [2.05, 4.69) is 10.6 Å². The predicted octanol–water partition coefficient (Wildman–Crippen LogP) is 2.97. The fourth-order valence-corrected chi connectivity index (χ4v) is 4.04. The standard InChI is InChI=1S/C24H30N2O3/c27-18-21(16-19-10-4-1-5-11-19)26-23(29)24(14-8-3-9-15-24)22(28)25-17-20-12-6-2-7-13-20/h1-2,4-7,10-13,21,27H,3,8-9,14-18H2,(H,25,28)(H,26,29). The van der Waals surface area contributed by atoms with Crippen molar-refractivity contribution < 1.29 is 14.7 Å². The summed E-state index contributed by atoms with van der Waals surface area (Å²) in [5.74, 6) is -0.479. The van der Waals surface area contributed by atoms with Crippen molar-refractivity contribution in [1.82, 2.24) is 10.6 Å². The summed E-state index contributed by atoms with van der Waals surface area (Å²) in [7, 11) is 0. The van der Waals surface area contributed by atoms with E-state index in [9.17, 15) is 14.7 Å². The average molecular weight is 395 g/mol. The molecule has 1 saturated carbocycles. The summed E-state index contributed by atoms with van der Waals surface area (Å²) in [6.45, 7) is 0.241. The Morgan fingerprint density at radius 3 is 2.03 bits per heavy atom. The van der Waals surface area contributed by atoms with E-state index < -0.39 is 11.5 Å². The molecule has 0 bridgehead atoms. The number of aliphatic hydroxyl groups excluding tert-OH is 1. The van der Waals surface area contributed by atoms with Crippen LogP contribution in [0.25, 0.3) is 0 Å². The van der Waals surface area contributed by atoms with E-state index in [0.717, 1.165) is 30.4 Å². The molecule has 1 fully saturated rings. The number of nitrogens with one attached hydrogen (secondary N) is 2. The van der Waals surface area contributed by atoms with Crippen molar-refractivity contribution in [1.29, 1.82) is 0 Å². The van der Waals surface area contributed by atoms with Crippen molar-refractivity contribution in [2.75, 3.05) is 6.61 Å². The van der Waals surface area contributed by atoms with Gasteiger partial charge in [0.15, 0.2) is 0 Å². The molecule has 0 spiro atoms. The second-order valence-corrected chi connectivity index (χ2v) is 7.85. The highest BCUT2D eigenvalue weighted by atomic mass is 16.3. The third-order valence-electron chi connectivity index (χ3n) is 5.75. The Morgan fingerprint density at radius 1 is 0.862 bits per heavy atom. The smallest absolute Gasteiger partial charge is 0.236 e. The molecule has 2 aromatic carbocycles. The molecule has 0 aromatic heterocycles. The summed E-state index contributed by atoms with van der Waals surface area (Å²) in [5, 5.41) is 15.7. The molecule has 1 unspecified atom stereocenters.